The van der Waals surface area contributed by atoms with Gasteiger partial charge in [-0.15, -0.1) is 0 Å². The molecule has 3 heterocycles. The average molecular weight is 331 g/mol. The molecule has 1 aliphatic heterocycles. The monoisotopic (exact) mass is 331 g/mol. The van der Waals surface area contributed by atoms with E-state index in [1.165, 1.54) is 11.3 Å². The van der Waals surface area contributed by atoms with Gasteiger partial charge in [-0.2, -0.15) is 5.10 Å². The summed E-state index contributed by atoms with van der Waals surface area (Å²) in [5.41, 5.74) is 3.47. The van der Waals surface area contributed by atoms with E-state index < -0.39 is 0 Å². The van der Waals surface area contributed by atoms with Gasteiger partial charge in [-0.05, 0) is 47.1 Å². The number of nitrogens with zero attached hydrogens (tertiary/aromatic N) is 4. The molecule has 2 unspecified atom stereocenters. The Labute approximate surface area is 142 Å². The molecular weight excluding hydrogens is 306 g/mol. The molecule has 0 aromatic carbocycles. The van der Waals surface area contributed by atoms with Gasteiger partial charge in [0.05, 0.1) is 11.7 Å². The van der Waals surface area contributed by atoms with E-state index in [2.05, 4.69) is 27.4 Å². The second kappa shape index (κ2) is 6.39. The molecule has 0 radical (unpaired) electrons. The fourth-order valence-electron chi connectivity index (χ4n) is 3.64. The first-order valence-electron chi connectivity index (χ1n) is 8.38. The maximum absolute atomic E-state index is 12.6. The molecule has 0 bridgehead atoms. The van der Waals surface area contributed by atoms with E-state index in [0.29, 0.717) is 11.6 Å². The number of aryl methyl sites for hydroxylation is 3. The van der Waals surface area contributed by atoms with Gasteiger partial charge in [0.2, 0.25) is 5.91 Å². The number of hydrogen-bond donors (Lipinski definition) is 1. The number of likely N-dealkylation sites (tertiary alicyclic amines) is 1. The fourth-order valence-corrected chi connectivity index (χ4v) is 3.64. The zero-order chi connectivity index (χ0) is 17.4. The zero-order valence-corrected chi connectivity index (χ0v) is 15.0. The molecule has 3 rings (SSSR count). The summed E-state index contributed by atoms with van der Waals surface area (Å²) in [6, 6.07) is 1.72. The predicted molar refractivity (Wildman–Crippen MR) is 90.7 cm³/mol. The van der Waals surface area contributed by atoms with Crippen molar-refractivity contribution in [2.75, 3.05) is 11.9 Å². The van der Waals surface area contributed by atoms with E-state index in [4.69, 9.17) is 4.52 Å². The number of carbonyl (C=O) groups excluding carboxylic acids is 1. The summed E-state index contributed by atoms with van der Waals surface area (Å²) in [6.45, 7) is 8.79. The van der Waals surface area contributed by atoms with Crippen molar-refractivity contribution in [3.63, 3.8) is 0 Å². The Morgan fingerprint density at radius 3 is 2.75 bits per heavy atom. The minimum absolute atomic E-state index is 0.0607. The van der Waals surface area contributed by atoms with Crippen LogP contribution in [0.5, 0.6) is 0 Å². The van der Waals surface area contributed by atoms with E-state index in [1.807, 2.05) is 25.6 Å². The number of rotatable bonds is 4. The lowest BCUT2D eigenvalue weighted by molar-refractivity contribution is -0.121. The molecule has 1 N–H and O–H groups in total. The second-order valence-corrected chi connectivity index (χ2v) is 6.59. The van der Waals surface area contributed by atoms with Gasteiger partial charge < -0.3 is 9.84 Å². The lowest BCUT2D eigenvalue weighted by atomic mass is 10.0. The minimum atomic E-state index is -0.242. The first-order chi connectivity index (χ1) is 11.4. The number of anilines is 1. The molecule has 0 aliphatic carbocycles. The van der Waals surface area contributed by atoms with Crippen LogP contribution in [0, 0.1) is 20.8 Å². The molecule has 24 heavy (non-hydrogen) atoms. The van der Waals surface area contributed by atoms with Gasteiger partial charge in [0.25, 0.3) is 0 Å². The average Bonchev–Trinajstić information content (AvgIpc) is 3.20. The topological polar surface area (TPSA) is 76.2 Å². The quantitative estimate of drug-likeness (QED) is 0.931. The van der Waals surface area contributed by atoms with Gasteiger partial charge in [-0.25, -0.2) is 0 Å². The molecular formula is C17H25N5O2. The van der Waals surface area contributed by atoms with Crippen molar-refractivity contribution >= 4 is 11.7 Å². The smallest absolute Gasteiger partial charge is 0.242 e. The van der Waals surface area contributed by atoms with E-state index >= 15 is 0 Å². The fraction of sp³-hybridized carbons (Fsp3) is 0.588. The SMILES string of the molecule is Cc1cc(NC(=O)C(C)N2CCCC2c2c(C)nn(C)c2C)no1. The highest BCUT2D eigenvalue weighted by molar-refractivity contribution is 5.93. The van der Waals surface area contributed by atoms with E-state index in [0.717, 1.165) is 25.1 Å². The normalized spacial score (nSPS) is 19.6. The van der Waals surface area contributed by atoms with Crippen LogP contribution in [0.1, 0.15) is 48.5 Å². The summed E-state index contributed by atoms with van der Waals surface area (Å²) in [4.78, 5) is 14.9. The molecule has 2 aromatic rings. The Bertz CT molecular complexity index is 748. The van der Waals surface area contributed by atoms with Gasteiger partial charge in [0, 0.05) is 30.4 Å². The third-order valence-electron chi connectivity index (χ3n) is 4.95. The lowest BCUT2D eigenvalue weighted by Gasteiger charge is -2.30. The Kier molecular flexibility index (Phi) is 4.45. The Morgan fingerprint density at radius 1 is 1.42 bits per heavy atom. The third kappa shape index (κ3) is 2.96. The van der Waals surface area contributed by atoms with E-state index in [1.54, 1.807) is 13.0 Å². The van der Waals surface area contributed by atoms with Crippen LogP contribution < -0.4 is 5.32 Å². The molecule has 1 aliphatic rings. The first-order valence-corrected chi connectivity index (χ1v) is 8.38. The molecule has 0 saturated carbocycles. The van der Waals surface area contributed by atoms with Gasteiger partial charge in [0.1, 0.15) is 5.76 Å². The van der Waals surface area contributed by atoms with Crippen LogP contribution >= 0.6 is 0 Å². The predicted octanol–water partition coefficient (Wildman–Crippen LogP) is 2.50. The van der Waals surface area contributed by atoms with Crippen molar-refractivity contribution in [3.8, 4) is 0 Å². The highest BCUT2D eigenvalue weighted by atomic mass is 16.5. The largest absolute Gasteiger partial charge is 0.360 e. The third-order valence-corrected chi connectivity index (χ3v) is 4.95. The van der Waals surface area contributed by atoms with Crippen molar-refractivity contribution in [2.45, 2.75) is 52.6 Å². The number of amides is 1. The van der Waals surface area contributed by atoms with Crippen LogP contribution in [0.15, 0.2) is 10.6 Å². The minimum Gasteiger partial charge on any atom is -0.360 e. The second-order valence-electron chi connectivity index (χ2n) is 6.59. The number of nitrogens with one attached hydrogen (secondary N) is 1. The van der Waals surface area contributed by atoms with Crippen LogP contribution in [-0.4, -0.2) is 38.3 Å². The standard InChI is InChI=1S/C17H25N5O2/c1-10-9-15(20-24-10)18-17(23)13(4)22-8-6-7-14(22)16-11(2)19-21(5)12(16)3/h9,13-14H,6-8H2,1-5H3,(H,18,20,23). The summed E-state index contributed by atoms with van der Waals surface area (Å²) in [5, 5.41) is 11.2. The van der Waals surface area contributed by atoms with Crippen molar-refractivity contribution in [3.05, 3.63) is 28.8 Å². The van der Waals surface area contributed by atoms with Crippen LogP contribution in [0.25, 0.3) is 0 Å². The highest BCUT2D eigenvalue weighted by Gasteiger charge is 2.35. The van der Waals surface area contributed by atoms with Crippen molar-refractivity contribution < 1.29 is 9.32 Å². The number of carbonyl (C=O) groups is 1. The van der Waals surface area contributed by atoms with Crippen molar-refractivity contribution in [2.24, 2.45) is 7.05 Å². The van der Waals surface area contributed by atoms with Crippen molar-refractivity contribution in [1.29, 1.82) is 0 Å². The lowest BCUT2D eigenvalue weighted by Crippen LogP contribution is -2.41. The molecule has 0 spiro atoms. The van der Waals surface area contributed by atoms with Crippen LogP contribution in [0.2, 0.25) is 0 Å². The Balaban J connectivity index is 1.78. The zero-order valence-electron chi connectivity index (χ0n) is 15.0. The van der Waals surface area contributed by atoms with Gasteiger partial charge in [-0.1, -0.05) is 5.16 Å². The van der Waals surface area contributed by atoms with Crippen molar-refractivity contribution in [1.82, 2.24) is 19.8 Å². The molecule has 2 atom stereocenters. The molecule has 1 fully saturated rings. The van der Waals surface area contributed by atoms with Crippen LogP contribution in [0.3, 0.4) is 0 Å². The molecule has 130 valence electrons. The summed E-state index contributed by atoms with van der Waals surface area (Å²) in [7, 11) is 1.97. The summed E-state index contributed by atoms with van der Waals surface area (Å²) < 4.78 is 6.93. The van der Waals surface area contributed by atoms with Gasteiger partial charge in [0.15, 0.2) is 5.82 Å². The van der Waals surface area contributed by atoms with Crippen LogP contribution in [0.4, 0.5) is 5.82 Å². The highest BCUT2D eigenvalue weighted by Crippen LogP contribution is 2.36. The maximum Gasteiger partial charge on any atom is 0.242 e. The Hall–Kier alpha value is -2.15. The molecule has 7 heteroatoms. The molecule has 1 amide bonds. The van der Waals surface area contributed by atoms with Gasteiger partial charge >= 0.3 is 0 Å². The van der Waals surface area contributed by atoms with E-state index in [9.17, 15) is 4.79 Å². The molecule has 2 aromatic heterocycles. The van der Waals surface area contributed by atoms with Gasteiger partial charge in [-0.3, -0.25) is 14.4 Å². The number of hydrogen-bond acceptors (Lipinski definition) is 5. The number of aromatic nitrogens is 3. The first kappa shape index (κ1) is 16.7. The summed E-state index contributed by atoms with van der Waals surface area (Å²) in [6.07, 6.45) is 2.13. The van der Waals surface area contributed by atoms with E-state index in [-0.39, 0.29) is 18.0 Å². The molecule has 1 saturated heterocycles. The maximum atomic E-state index is 12.6. The Morgan fingerprint density at radius 2 is 2.17 bits per heavy atom. The molecule has 7 nitrogen and oxygen atoms in total. The summed E-state index contributed by atoms with van der Waals surface area (Å²) >= 11 is 0. The van der Waals surface area contributed by atoms with Crippen LogP contribution in [-0.2, 0) is 11.8 Å². The summed E-state index contributed by atoms with van der Waals surface area (Å²) in [5.74, 6) is 1.09.